The van der Waals surface area contributed by atoms with Gasteiger partial charge in [0.25, 0.3) is 0 Å². The summed E-state index contributed by atoms with van der Waals surface area (Å²) in [6, 6.07) is 5.06. The molecule has 71 valence electrons. The van der Waals surface area contributed by atoms with Crippen molar-refractivity contribution in [1.82, 2.24) is 0 Å². The van der Waals surface area contributed by atoms with E-state index in [4.69, 9.17) is 23.2 Å². The molecule has 0 fully saturated rings. The second-order valence-corrected chi connectivity index (χ2v) is 3.95. The monoisotopic (exact) mass is 241 g/mol. The standard InChI is InChI=1S/C9H9Cl2OP.Li/c10-6-2-1-3-7(11)9(6)8(12)4-5-13;/h1-3H,4-5,13H2;. The Morgan fingerprint density at radius 2 is 1.79 bits per heavy atom. The smallest absolute Gasteiger partial charge is 0.166 e. The molecule has 0 bridgehead atoms. The van der Waals surface area contributed by atoms with Crippen LogP contribution in [0.1, 0.15) is 16.8 Å². The van der Waals surface area contributed by atoms with Crippen LogP contribution in [-0.2, 0) is 0 Å². The summed E-state index contributed by atoms with van der Waals surface area (Å²) < 4.78 is 0. The van der Waals surface area contributed by atoms with E-state index >= 15 is 0 Å². The van der Waals surface area contributed by atoms with Crippen LogP contribution in [0, 0.1) is 0 Å². The molecule has 0 aliphatic rings. The van der Waals surface area contributed by atoms with Crippen molar-refractivity contribution in [3.8, 4) is 0 Å². The molecule has 5 heteroatoms. The summed E-state index contributed by atoms with van der Waals surface area (Å²) in [4.78, 5) is 11.5. The number of halogens is 2. The number of carbonyl (C=O) groups is 1. The van der Waals surface area contributed by atoms with Gasteiger partial charge in [-0.3, -0.25) is 4.79 Å². The van der Waals surface area contributed by atoms with Crippen LogP contribution in [0.4, 0.5) is 0 Å². The van der Waals surface area contributed by atoms with Gasteiger partial charge >= 0.3 is 0 Å². The molecule has 0 aliphatic carbocycles. The number of hydrogen-bond acceptors (Lipinski definition) is 1. The maximum absolute atomic E-state index is 11.5. The zero-order chi connectivity index (χ0) is 9.84. The van der Waals surface area contributed by atoms with E-state index in [2.05, 4.69) is 9.24 Å². The Hall–Kier alpha value is 0.497. The predicted molar refractivity (Wildman–Crippen MR) is 65.7 cm³/mol. The van der Waals surface area contributed by atoms with Crippen LogP contribution in [0.15, 0.2) is 18.2 Å². The van der Waals surface area contributed by atoms with E-state index in [0.29, 0.717) is 22.0 Å². The molecule has 0 aliphatic heterocycles. The van der Waals surface area contributed by atoms with Gasteiger partial charge in [0.15, 0.2) is 5.78 Å². The molecule has 1 unspecified atom stereocenters. The van der Waals surface area contributed by atoms with E-state index in [9.17, 15) is 4.79 Å². The zero-order valence-corrected chi connectivity index (χ0v) is 10.6. The Morgan fingerprint density at radius 1 is 1.29 bits per heavy atom. The minimum Gasteiger partial charge on any atom is -0.294 e. The summed E-state index contributed by atoms with van der Waals surface area (Å²) >= 11 is 11.7. The molecule has 0 aromatic heterocycles. The quantitative estimate of drug-likeness (QED) is 0.452. The Kier molecular flexibility index (Phi) is 7.13. The summed E-state index contributed by atoms with van der Waals surface area (Å²) in [5.74, 6) is -0.00870. The minimum atomic E-state index is -0.00870. The number of rotatable bonds is 3. The molecule has 1 rings (SSSR count). The Morgan fingerprint density at radius 3 is 2.21 bits per heavy atom. The fourth-order valence-corrected chi connectivity index (χ4v) is 1.89. The van der Waals surface area contributed by atoms with Gasteiger partial charge in [-0.25, -0.2) is 0 Å². The number of hydrogen-bond donors (Lipinski definition) is 0. The maximum Gasteiger partial charge on any atom is 0.166 e. The van der Waals surface area contributed by atoms with Gasteiger partial charge in [0.05, 0.1) is 15.6 Å². The van der Waals surface area contributed by atoms with Crippen LogP contribution in [0.3, 0.4) is 0 Å². The number of ketones is 1. The van der Waals surface area contributed by atoms with E-state index in [1.807, 2.05) is 0 Å². The molecular weight excluding hydrogens is 233 g/mol. The van der Waals surface area contributed by atoms with Gasteiger partial charge in [0, 0.05) is 25.3 Å². The van der Waals surface area contributed by atoms with Gasteiger partial charge in [-0.05, 0) is 18.3 Å². The van der Waals surface area contributed by atoms with Gasteiger partial charge in [-0.1, -0.05) is 29.3 Å². The fourth-order valence-electron chi connectivity index (χ4n) is 1.02. The third-order valence-corrected chi connectivity index (χ3v) is 2.53. The second kappa shape index (κ2) is 6.89. The first kappa shape index (κ1) is 14.5. The molecule has 14 heavy (non-hydrogen) atoms. The van der Waals surface area contributed by atoms with Crippen molar-refractivity contribution in [3.63, 3.8) is 0 Å². The molecule has 1 atom stereocenters. The summed E-state index contributed by atoms with van der Waals surface area (Å²) in [7, 11) is 2.50. The molecule has 1 aromatic rings. The molecular formula is C9H9Cl2LiOP. The summed E-state index contributed by atoms with van der Waals surface area (Å²) in [6.07, 6.45) is 1.18. The molecule has 0 saturated heterocycles. The van der Waals surface area contributed by atoms with Crippen molar-refractivity contribution in [2.45, 2.75) is 6.42 Å². The van der Waals surface area contributed by atoms with E-state index in [0.717, 1.165) is 6.16 Å². The van der Waals surface area contributed by atoms with Gasteiger partial charge < -0.3 is 0 Å². The first-order chi connectivity index (χ1) is 6.16. The van der Waals surface area contributed by atoms with Crippen LogP contribution in [0.5, 0.6) is 0 Å². The van der Waals surface area contributed by atoms with Crippen LogP contribution < -0.4 is 0 Å². The largest absolute Gasteiger partial charge is 0.294 e. The van der Waals surface area contributed by atoms with Crippen molar-refractivity contribution < 1.29 is 4.79 Å². The van der Waals surface area contributed by atoms with Crippen LogP contribution >= 0.6 is 32.4 Å². The average Bonchev–Trinajstić information content (AvgIpc) is 2.04. The van der Waals surface area contributed by atoms with Crippen molar-refractivity contribution >= 4 is 57.1 Å². The van der Waals surface area contributed by atoms with Gasteiger partial charge in [0.2, 0.25) is 0 Å². The van der Waals surface area contributed by atoms with E-state index in [1.54, 1.807) is 18.2 Å². The summed E-state index contributed by atoms with van der Waals surface area (Å²) in [6.45, 7) is 0. The summed E-state index contributed by atoms with van der Waals surface area (Å²) in [5, 5.41) is 0.854. The molecule has 0 spiro atoms. The Labute approximate surface area is 108 Å². The summed E-state index contributed by atoms with van der Waals surface area (Å²) in [5.41, 5.74) is 0.438. The molecule has 1 nitrogen and oxygen atoms in total. The van der Waals surface area contributed by atoms with Crippen LogP contribution in [0.25, 0.3) is 0 Å². The van der Waals surface area contributed by atoms with E-state index in [1.165, 1.54) is 0 Å². The van der Waals surface area contributed by atoms with Crippen LogP contribution in [-0.4, -0.2) is 30.8 Å². The molecule has 1 radical (unpaired) electrons. The number of Topliss-reactive ketones (excluding diaryl/α,β-unsaturated/α-hetero) is 1. The third-order valence-electron chi connectivity index (χ3n) is 1.61. The normalized spacial score (nSPS) is 9.36. The van der Waals surface area contributed by atoms with Gasteiger partial charge in [-0.15, -0.1) is 9.24 Å². The maximum atomic E-state index is 11.5. The number of benzene rings is 1. The fraction of sp³-hybridized carbons (Fsp3) is 0.222. The molecule has 0 saturated carbocycles. The van der Waals surface area contributed by atoms with Crippen molar-refractivity contribution in [3.05, 3.63) is 33.8 Å². The first-order valence-corrected chi connectivity index (χ1v) is 5.41. The van der Waals surface area contributed by atoms with Crippen LogP contribution in [0.2, 0.25) is 10.0 Å². The van der Waals surface area contributed by atoms with Crippen molar-refractivity contribution in [2.24, 2.45) is 0 Å². The minimum absolute atomic E-state index is 0. The average molecular weight is 242 g/mol. The third kappa shape index (κ3) is 3.57. The second-order valence-electron chi connectivity index (χ2n) is 2.56. The topological polar surface area (TPSA) is 17.1 Å². The molecule has 1 aromatic carbocycles. The Bertz CT molecular complexity index is 310. The SMILES string of the molecule is O=C(CCP)c1c(Cl)cccc1Cl.[Li]. The van der Waals surface area contributed by atoms with Gasteiger partial charge in [-0.2, -0.15) is 0 Å². The first-order valence-electron chi connectivity index (χ1n) is 3.84. The van der Waals surface area contributed by atoms with Crippen molar-refractivity contribution in [2.75, 3.05) is 6.16 Å². The van der Waals surface area contributed by atoms with Crippen molar-refractivity contribution in [1.29, 1.82) is 0 Å². The predicted octanol–water partition coefficient (Wildman–Crippen LogP) is 3.06. The molecule has 0 amide bonds. The zero-order valence-electron chi connectivity index (χ0n) is 7.89. The molecule has 0 N–H and O–H groups in total. The Balaban J connectivity index is 0.00000169. The van der Waals surface area contributed by atoms with E-state index in [-0.39, 0.29) is 24.6 Å². The number of carbonyl (C=O) groups excluding carboxylic acids is 1. The molecule has 0 heterocycles. The van der Waals surface area contributed by atoms with Gasteiger partial charge in [0.1, 0.15) is 0 Å². The van der Waals surface area contributed by atoms with E-state index < -0.39 is 0 Å².